The summed E-state index contributed by atoms with van der Waals surface area (Å²) in [6, 6.07) is 3.67. The van der Waals surface area contributed by atoms with E-state index in [9.17, 15) is 9.36 Å². The third kappa shape index (κ3) is 5.18. The lowest BCUT2D eigenvalue weighted by atomic mass is 9.92. The van der Waals surface area contributed by atoms with Gasteiger partial charge in [-0.25, -0.2) is 18.3 Å². The van der Waals surface area contributed by atoms with Crippen LogP contribution in [0.3, 0.4) is 0 Å². The molecule has 2 aliphatic heterocycles. The number of hydrogen-bond acceptors (Lipinski definition) is 8. The van der Waals surface area contributed by atoms with Gasteiger partial charge in [0, 0.05) is 29.4 Å². The molecule has 2 aliphatic rings. The van der Waals surface area contributed by atoms with Gasteiger partial charge in [-0.1, -0.05) is 11.6 Å². The summed E-state index contributed by atoms with van der Waals surface area (Å²) in [4.78, 5) is 44.2. The van der Waals surface area contributed by atoms with Gasteiger partial charge in [0.15, 0.2) is 11.6 Å². The van der Waals surface area contributed by atoms with Gasteiger partial charge in [-0.15, -0.1) is 5.10 Å². The molecule has 1 saturated heterocycles. The van der Waals surface area contributed by atoms with Gasteiger partial charge in [-0.3, -0.25) is 14.3 Å². The number of fused-ring (bicyclic) bond motifs is 1. The number of carbonyl (C=O) groups excluding carboxylic acids is 1. The fourth-order valence-corrected chi connectivity index (χ4v) is 5.74. The number of phosphoric ester groups is 1. The second-order valence-corrected chi connectivity index (χ2v) is 11.1. The number of amides is 1. The number of benzene rings is 1. The predicted octanol–water partition coefficient (Wildman–Crippen LogP) is 3.51. The van der Waals surface area contributed by atoms with E-state index in [0.717, 1.165) is 0 Å². The monoisotopic (exact) mass is 604 g/mol. The van der Waals surface area contributed by atoms with E-state index >= 15 is 8.78 Å². The molecule has 3 N–H and O–H groups in total. The number of hydrogen-bond donors (Lipinski definition) is 3. The summed E-state index contributed by atoms with van der Waals surface area (Å²) in [5.74, 6) is -1.42. The maximum Gasteiger partial charge on any atom is 0.469 e. The second kappa shape index (κ2) is 10.5. The van der Waals surface area contributed by atoms with Gasteiger partial charge in [0.1, 0.15) is 24.5 Å². The smallest absolute Gasteiger partial charge is 0.340 e. The number of halogens is 3. The summed E-state index contributed by atoms with van der Waals surface area (Å²) in [7, 11) is -4.82. The Kier molecular flexibility index (Phi) is 6.99. The van der Waals surface area contributed by atoms with E-state index in [0.29, 0.717) is 36.3 Å². The lowest BCUT2D eigenvalue weighted by Crippen LogP contribution is -2.39. The molecule has 0 unspecified atom stereocenters. The summed E-state index contributed by atoms with van der Waals surface area (Å²) in [5, 5.41) is 11.0. The van der Waals surface area contributed by atoms with Crippen molar-refractivity contribution in [1.82, 2.24) is 40.1 Å². The van der Waals surface area contributed by atoms with Crippen LogP contribution in [0.15, 0.2) is 43.0 Å². The van der Waals surface area contributed by atoms with Crippen molar-refractivity contribution in [2.75, 3.05) is 0 Å². The lowest BCUT2D eigenvalue weighted by molar-refractivity contribution is -0.129. The first-order valence-electron chi connectivity index (χ1n) is 12.2. The average Bonchev–Trinajstić information content (AvgIpc) is 3.70. The zero-order chi connectivity index (χ0) is 28.9. The van der Waals surface area contributed by atoms with Crippen molar-refractivity contribution in [2.45, 2.75) is 38.0 Å². The standard InChI is InChI=1S/C24H20ClF2N8O5P/c25-15-2-4-18(34-11-30-32-33-34)21(23(15)27)12-7-13-1-3-19(35(13)20(36)8-12)24-29-9-16(31-24)14-5-6-28-17(22(14)26)10-40-41(37,38)39/h2,4-6,8-9,11,13,19H,1,3,7,10H2,(H,29,31)(H2,37,38,39)/t13-,19+/m1/s1. The molecule has 13 nitrogen and oxygen atoms in total. The van der Waals surface area contributed by atoms with E-state index in [2.05, 4.69) is 35.0 Å². The molecule has 1 fully saturated rings. The highest BCUT2D eigenvalue weighted by atomic mass is 35.5. The third-order valence-corrected chi connectivity index (χ3v) is 7.79. The molecule has 4 aromatic rings. The molecule has 17 heteroatoms. The van der Waals surface area contributed by atoms with Gasteiger partial charge in [0.25, 0.3) is 0 Å². The Hall–Kier alpha value is -3.88. The number of aromatic nitrogens is 7. The Morgan fingerprint density at radius 2 is 2.00 bits per heavy atom. The molecule has 5 heterocycles. The molecule has 212 valence electrons. The highest BCUT2D eigenvalue weighted by Crippen LogP contribution is 2.44. The fraction of sp³-hybridized carbons (Fsp3) is 0.250. The minimum absolute atomic E-state index is 0.0660. The van der Waals surface area contributed by atoms with Gasteiger partial charge in [-0.2, -0.15) is 4.68 Å². The van der Waals surface area contributed by atoms with Crippen molar-refractivity contribution in [3.63, 3.8) is 0 Å². The van der Waals surface area contributed by atoms with Gasteiger partial charge in [0.05, 0.1) is 28.6 Å². The van der Waals surface area contributed by atoms with Crippen molar-refractivity contribution in [2.24, 2.45) is 0 Å². The van der Waals surface area contributed by atoms with Crippen LogP contribution in [0.25, 0.3) is 22.5 Å². The molecule has 0 radical (unpaired) electrons. The number of H-pyrrole nitrogens is 1. The van der Waals surface area contributed by atoms with Gasteiger partial charge in [0.2, 0.25) is 5.91 Å². The van der Waals surface area contributed by atoms with E-state index in [1.165, 1.54) is 41.6 Å². The van der Waals surface area contributed by atoms with Crippen molar-refractivity contribution in [1.29, 1.82) is 0 Å². The van der Waals surface area contributed by atoms with E-state index in [-0.39, 0.29) is 39.5 Å². The first kappa shape index (κ1) is 27.3. The predicted molar refractivity (Wildman–Crippen MR) is 138 cm³/mol. The molecule has 3 aromatic heterocycles. The highest BCUT2D eigenvalue weighted by Gasteiger charge is 2.42. The Morgan fingerprint density at radius 3 is 2.76 bits per heavy atom. The summed E-state index contributed by atoms with van der Waals surface area (Å²) < 4.78 is 47.1. The van der Waals surface area contributed by atoms with E-state index in [1.54, 1.807) is 11.0 Å². The Labute approximate surface area is 235 Å². The molecule has 1 aromatic carbocycles. The number of phosphoric acid groups is 1. The summed E-state index contributed by atoms with van der Waals surface area (Å²) in [5.41, 5.74) is 1.02. The van der Waals surface area contributed by atoms with Crippen molar-refractivity contribution < 1.29 is 32.5 Å². The minimum atomic E-state index is -4.82. The van der Waals surface area contributed by atoms with Crippen LogP contribution in [0.5, 0.6) is 0 Å². The number of aromatic amines is 1. The maximum absolute atomic E-state index is 15.3. The Bertz CT molecular complexity index is 1730. The molecule has 0 aliphatic carbocycles. The van der Waals surface area contributed by atoms with Crippen molar-refractivity contribution in [3.05, 3.63) is 76.7 Å². The Balaban J connectivity index is 1.28. The van der Waals surface area contributed by atoms with E-state index in [4.69, 9.17) is 21.4 Å². The fourth-order valence-electron chi connectivity index (χ4n) is 5.29. The van der Waals surface area contributed by atoms with E-state index in [1.807, 2.05) is 0 Å². The molecular weight excluding hydrogens is 585 g/mol. The molecule has 1 amide bonds. The first-order valence-corrected chi connectivity index (χ1v) is 14.1. The zero-order valence-electron chi connectivity index (χ0n) is 20.9. The Morgan fingerprint density at radius 1 is 1.17 bits per heavy atom. The number of tetrazole rings is 1. The number of pyridine rings is 1. The molecule has 6 rings (SSSR count). The van der Waals surface area contributed by atoms with Crippen molar-refractivity contribution >= 4 is 30.9 Å². The molecule has 0 saturated carbocycles. The second-order valence-electron chi connectivity index (χ2n) is 9.44. The van der Waals surface area contributed by atoms with Gasteiger partial charge in [-0.05, 0) is 53.5 Å². The van der Waals surface area contributed by atoms with Crippen LogP contribution in [0.4, 0.5) is 8.78 Å². The number of carbonyl (C=O) groups is 1. The number of nitrogens with zero attached hydrogens (tertiary/aromatic N) is 7. The third-order valence-electron chi connectivity index (χ3n) is 7.03. The molecular formula is C24H20ClF2N8O5P. The quantitative estimate of drug-likeness (QED) is 0.265. The van der Waals surface area contributed by atoms with Crippen LogP contribution in [0.1, 0.15) is 42.4 Å². The first-order chi connectivity index (χ1) is 19.6. The van der Waals surface area contributed by atoms with Crippen LogP contribution in [-0.2, 0) is 20.5 Å². The molecule has 0 spiro atoms. The lowest BCUT2D eigenvalue weighted by Gasteiger charge is -2.33. The van der Waals surface area contributed by atoms with Gasteiger partial charge >= 0.3 is 7.82 Å². The van der Waals surface area contributed by atoms with E-state index < -0.39 is 32.1 Å². The summed E-state index contributed by atoms with van der Waals surface area (Å²) in [6.07, 6.45) is 6.90. The van der Waals surface area contributed by atoms with Crippen molar-refractivity contribution in [3.8, 4) is 16.9 Å². The summed E-state index contributed by atoms with van der Waals surface area (Å²) >= 11 is 6.09. The summed E-state index contributed by atoms with van der Waals surface area (Å²) in [6.45, 7) is -0.728. The minimum Gasteiger partial charge on any atom is -0.340 e. The highest BCUT2D eigenvalue weighted by molar-refractivity contribution is 7.46. The van der Waals surface area contributed by atoms with Crippen LogP contribution >= 0.6 is 19.4 Å². The largest absolute Gasteiger partial charge is 0.469 e. The normalized spacial score (nSPS) is 19.0. The number of nitrogens with one attached hydrogen (secondary N) is 1. The number of rotatable bonds is 7. The van der Waals surface area contributed by atoms with Crippen LogP contribution in [-0.4, -0.2) is 61.8 Å². The SMILES string of the molecule is O=C1C=C(c2c(-n3cnnn3)ccc(Cl)c2F)C[C@H]2CC[C@@H](c3ncc(-c4ccnc(COP(=O)(O)O)c4F)[nH]3)N12. The molecule has 0 bridgehead atoms. The average molecular weight is 605 g/mol. The topological polar surface area (TPSA) is 172 Å². The van der Waals surface area contributed by atoms with Crippen LogP contribution < -0.4 is 0 Å². The van der Waals surface area contributed by atoms with Crippen LogP contribution in [0.2, 0.25) is 5.02 Å². The number of imidazole rings is 1. The van der Waals surface area contributed by atoms with Crippen LogP contribution in [0, 0.1) is 11.6 Å². The zero-order valence-corrected chi connectivity index (χ0v) is 22.5. The molecule has 2 atom stereocenters. The maximum atomic E-state index is 15.3. The molecule has 41 heavy (non-hydrogen) atoms. The van der Waals surface area contributed by atoms with Gasteiger partial charge < -0.3 is 19.7 Å².